The third kappa shape index (κ3) is 781. The third-order valence-corrected chi connectivity index (χ3v) is 0. The molecule has 0 saturated carbocycles. The van der Waals surface area contributed by atoms with Gasteiger partial charge in [-0.25, -0.2) is 0 Å². The molecule has 120 valence electrons. The van der Waals surface area contributed by atoms with Gasteiger partial charge in [-0.2, -0.15) is 0 Å². The number of hydrogen-bond acceptors (Lipinski definition) is 9. The molecule has 0 fully saturated rings. The Hall–Kier alpha value is -2.00. The molecular weight excluding hydrogens is 352 g/mol. The molecule has 0 saturated heterocycles. The molecule has 0 aliphatic carbocycles. The number of hydrogen-bond donors (Lipinski definition) is 0. The van der Waals surface area contributed by atoms with Crippen LogP contribution in [-0.4, -0.2) is 67.9 Å². The Morgan fingerprint density at radius 1 is 0.421 bits per heavy atom. The molecule has 19 heteroatoms. The van der Waals surface area contributed by atoms with Crippen LogP contribution in [0.4, 0.5) is 0 Å². The third-order valence-electron chi connectivity index (χ3n) is 0. The molecule has 0 rings (SSSR count). The standard InChI is InChI=1S/Ga.3NO3.6H2O/c;3*2-1(3)4;;;;;;/h;;;;6*1H2/q+3;3*-1;;;;;;. The van der Waals surface area contributed by atoms with Crippen molar-refractivity contribution in [1.82, 2.24) is 0 Å². The second-order valence-electron chi connectivity index (χ2n) is 0.671. The van der Waals surface area contributed by atoms with E-state index in [9.17, 15) is 0 Å². The van der Waals surface area contributed by atoms with Crippen LogP contribution in [0.2, 0.25) is 0 Å². The van der Waals surface area contributed by atoms with Crippen molar-refractivity contribution in [1.29, 1.82) is 0 Å². The van der Waals surface area contributed by atoms with E-state index in [1.807, 2.05) is 0 Å². The van der Waals surface area contributed by atoms with Gasteiger partial charge in [-0.1, -0.05) is 0 Å². The fourth-order valence-electron chi connectivity index (χ4n) is 0. The van der Waals surface area contributed by atoms with E-state index in [4.69, 9.17) is 46.0 Å². The van der Waals surface area contributed by atoms with E-state index in [-0.39, 0.29) is 52.6 Å². The van der Waals surface area contributed by atoms with Crippen molar-refractivity contribution in [2.24, 2.45) is 0 Å². The van der Waals surface area contributed by atoms with Gasteiger partial charge < -0.3 is 78.8 Å². The molecule has 0 heterocycles. The first-order chi connectivity index (χ1) is 5.20. The van der Waals surface area contributed by atoms with Gasteiger partial charge in [0, 0.05) is 0 Å². The molecule has 12 N–H and O–H groups in total. The normalized spacial score (nSPS) is 3.79. The summed E-state index contributed by atoms with van der Waals surface area (Å²) < 4.78 is 0. The van der Waals surface area contributed by atoms with E-state index in [1.165, 1.54) is 0 Å². The maximum absolute atomic E-state index is 8.25. The number of nitrogens with zero attached hydrogens (tertiary/aromatic N) is 3. The minimum atomic E-state index is -1.75. The molecular formula is H12GaN3O15. The summed E-state index contributed by atoms with van der Waals surface area (Å²) in [5.41, 5.74) is 0. The second kappa shape index (κ2) is 73.5. The molecule has 0 unspecified atom stereocenters. The summed E-state index contributed by atoms with van der Waals surface area (Å²) in [7, 11) is 0. The summed E-state index contributed by atoms with van der Waals surface area (Å²) in [6.45, 7) is 0. The maximum atomic E-state index is 8.25. The molecule has 0 aromatic rings. The smallest absolute Gasteiger partial charge is 0.412 e. The van der Waals surface area contributed by atoms with Gasteiger partial charge in [-0.3, -0.25) is 0 Å². The zero-order chi connectivity index (χ0) is 10.7. The number of rotatable bonds is 0. The van der Waals surface area contributed by atoms with Crippen LogP contribution in [0.3, 0.4) is 0 Å². The topological polar surface area (TPSA) is 388 Å². The van der Waals surface area contributed by atoms with Gasteiger partial charge >= 0.3 is 19.8 Å². The zero-order valence-electron chi connectivity index (χ0n) is 8.59. The summed E-state index contributed by atoms with van der Waals surface area (Å²) in [6, 6.07) is 0. The van der Waals surface area contributed by atoms with E-state index < -0.39 is 15.3 Å². The van der Waals surface area contributed by atoms with E-state index in [0.29, 0.717) is 0 Å². The SMILES string of the molecule is O.O.O.O.O.O.O=[N+]([O-])[O-].O=[N+]([O-])[O-].O=[N+]([O-])[O-].[Ga+3]. The van der Waals surface area contributed by atoms with E-state index >= 15 is 0 Å². The summed E-state index contributed by atoms with van der Waals surface area (Å²) >= 11 is 0. The van der Waals surface area contributed by atoms with Gasteiger partial charge in [0.1, 0.15) is 0 Å². The Kier molecular flexibility index (Phi) is 344. The molecule has 0 aromatic heterocycles. The van der Waals surface area contributed by atoms with E-state index in [0.717, 1.165) is 0 Å². The average molecular weight is 364 g/mol. The summed E-state index contributed by atoms with van der Waals surface area (Å²) in [4.78, 5) is 24.8. The Labute approximate surface area is 115 Å². The zero-order valence-corrected chi connectivity index (χ0v) is 11.0. The van der Waals surface area contributed by atoms with Gasteiger partial charge in [0.05, 0.1) is 15.3 Å². The molecule has 0 bridgehead atoms. The van der Waals surface area contributed by atoms with Gasteiger partial charge in [-0.15, -0.1) is 0 Å². The predicted octanol–water partition coefficient (Wildman–Crippen LogP) is -6.05. The van der Waals surface area contributed by atoms with Gasteiger partial charge in [0.25, 0.3) is 0 Å². The van der Waals surface area contributed by atoms with Crippen molar-refractivity contribution >= 4 is 19.8 Å². The van der Waals surface area contributed by atoms with Crippen LogP contribution < -0.4 is 0 Å². The molecule has 18 nitrogen and oxygen atoms in total. The van der Waals surface area contributed by atoms with E-state index in [2.05, 4.69) is 0 Å². The molecule has 0 spiro atoms. The van der Waals surface area contributed by atoms with Crippen molar-refractivity contribution in [3.8, 4) is 0 Å². The first-order valence-electron chi connectivity index (χ1n) is 1.64. The van der Waals surface area contributed by atoms with Gasteiger partial charge in [0.15, 0.2) is 0 Å². The Morgan fingerprint density at radius 2 is 0.421 bits per heavy atom. The van der Waals surface area contributed by atoms with Crippen molar-refractivity contribution in [3.05, 3.63) is 46.0 Å². The molecule has 0 atom stereocenters. The van der Waals surface area contributed by atoms with E-state index in [1.54, 1.807) is 0 Å². The predicted molar refractivity (Wildman–Crippen MR) is 58.5 cm³/mol. The van der Waals surface area contributed by atoms with Crippen LogP contribution in [0.1, 0.15) is 0 Å². The Balaban J connectivity index is -0.00000000675. The molecule has 0 amide bonds. The first kappa shape index (κ1) is 88.8. The fourth-order valence-corrected chi connectivity index (χ4v) is 0. The van der Waals surface area contributed by atoms with Crippen molar-refractivity contribution < 1.29 is 48.1 Å². The van der Waals surface area contributed by atoms with Crippen LogP contribution in [0, 0.1) is 46.0 Å². The minimum Gasteiger partial charge on any atom is -0.412 e. The molecule has 0 aliphatic heterocycles. The molecule has 0 aromatic carbocycles. The van der Waals surface area contributed by atoms with Crippen molar-refractivity contribution in [2.45, 2.75) is 0 Å². The van der Waals surface area contributed by atoms with Crippen molar-refractivity contribution in [3.63, 3.8) is 0 Å². The quantitative estimate of drug-likeness (QED) is 0.224. The van der Waals surface area contributed by atoms with Crippen LogP contribution in [0.15, 0.2) is 0 Å². The van der Waals surface area contributed by atoms with Crippen LogP contribution in [0.25, 0.3) is 0 Å². The second-order valence-corrected chi connectivity index (χ2v) is 0.671. The van der Waals surface area contributed by atoms with Crippen LogP contribution in [0.5, 0.6) is 0 Å². The minimum absolute atomic E-state index is 0. The molecule has 0 aliphatic rings. The van der Waals surface area contributed by atoms with Crippen LogP contribution in [-0.2, 0) is 0 Å². The maximum Gasteiger partial charge on any atom is 3.00 e. The Morgan fingerprint density at radius 3 is 0.421 bits per heavy atom. The molecule has 19 heavy (non-hydrogen) atoms. The summed E-state index contributed by atoms with van der Waals surface area (Å²) in [5.74, 6) is 0. The summed E-state index contributed by atoms with van der Waals surface area (Å²) in [5, 5.41) is 44.2. The molecule has 0 radical (unpaired) electrons. The van der Waals surface area contributed by atoms with Gasteiger partial charge in [0.2, 0.25) is 0 Å². The largest absolute Gasteiger partial charge is 3.00 e. The summed E-state index contributed by atoms with van der Waals surface area (Å²) in [6.07, 6.45) is 0. The Bertz CT molecular complexity index is 115. The fraction of sp³-hybridized carbons (Fsp3) is 0. The average Bonchev–Trinajstić information content (AvgIpc) is 1.54. The monoisotopic (exact) mass is 363 g/mol. The van der Waals surface area contributed by atoms with Crippen LogP contribution >= 0.6 is 0 Å². The van der Waals surface area contributed by atoms with Crippen molar-refractivity contribution in [2.75, 3.05) is 0 Å². The first-order valence-corrected chi connectivity index (χ1v) is 1.64. The van der Waals surface area contributed by atoms with Gasteiger partial charge in [-0.05, 0) is 0 Å².